The summed E-state index contributed by atoms with van der Waals surface area (Å²) in [7, 11) is 1.89. The maximum Gasteiger partial charge on any atom is 0.408 e. The van der Waals surface area contributed by atoms with Crippen molar-refractivity contribution in [3.63, 3.8) is 0 Å². The van der Waals surface area contributed by atoms with Crippen LogP contribution < -0.4 is 20.9 Å². The highest BCUT2D eigenvalue weighted by molar-refractivity contribution is 6.18. The normalized spacial score (nSPS) is 13.3. The molecular formula is C38H53Cl2FN6O6. The number of alkyl carbamates (subject to hydrolysis) is 1. The molecule has 0 saturated heterocycles. The fourth-order valence-corrected chi connectivity index (χ4v) is 6.17. The van der Waals surface area contributed by atoms with Crippen LogP contribution in [0.3, 0.4) is 0 Å². The van der Waals surface area contributed by atoms with E-state index in [0.717, 1.165) is 16.7 Å². The maximum atomic E-state index is 13.9. The van der Waals surface area contributed by atoms with E-state index in [-0.39, 0.29) is 31.8 Å². The molecular weight excluding hydrogens is 726 g/mol. The molecule has 0 aliphatic rings. The van der Waals surface area contributed by atoms with Crippen molar-refractivity contribution in [1.29, 1.82) is 0 Å². The monoisotopic (exact) mass is 778 g/mol. The van der Waals surface area contributed by atoms with Crippen molar-refractivity contribution in [2.45, 2.75) is 91.0 Å². The number of amides is 3. The first-order chi connectivity index (χ1) is 25.0. The summed E-state index contributed by atoms with van der Waals surface area (Å²) < 4.78 is 26.3. The lowest BCUT2D eigenvalue weighted by Crippen LogP contribution is -2.57. The second-order valence-electron chi connectivity index (χ2n) is 14.2. The van der Waals surface area contributed by atoms with Gasteiger partial charge >= 0.3 is 12.1 Å². The molecule has 53 heavy (non-hydrogen) atoms. The number of hydrogen-bond acceptors (Lipinski definition) is 8. The van der Waals surface area contributed by atoms with Crippen molar-refractivity contribution < 1.29 is 33.0 Å². The van der Waals surface area contributed by atoms with Gasteiger partial charge in [-0.2, -0.15) is 0 Å². The summed E-state index contributed by atoms with van der Waals surface area (Å²) in [4.78, 5) is 60.4. The Kier molecular flexibility index (Phi) is 16.7. The van der Waals surface area contributed by atoms with Gasteiger partial charge in [-0.25, -0.2) is 19.0 Å². The number of benzene rings is 2. The summed E-state index contributed by atoms with van der Waals surface area (Å²) >= 11 is 12.0. The molecule has 0 radical (unpaired) electrons. The van der Waals surface area contributed by atoms with E-state index in [1.165, 1.54) is 24.3 Å². The van der Waals surface area contributed by atoms with E-state index in [1.807, 2.05) is 43.7 Å². The summed E-state index contributed by atoms with van der Waals surface area (Å²) in [5.41, 5.74) is 2.35. The Morgan fingerprint density at radius 3 is 2.13 bits per heavy atom. The fraction of sp³-hybridized carbons (Fsp3) is 0.553. The number of carbonyl (C=O) groups is 4. The topological polar surface area (TPSA) is 144 Å². The van der Waals surface area contributed by atoms with Crippen LogP contribution in [0.5, 0.6) is 0 Å². The number of hydrogen-bond donors (Lipinski definition) is 3. The van der Waals surface area contributed by atoms with Gasteiger partial charge in [0.05, 0.1) is 17.6 Å². The zero-order valence-electron chi connectivity index (χ0n) is 31.6. The number of alkyl halides is 2. The molecule has 292 valence electrons. The van der Waals surface area contributed by atoms with Gasteiger partial charge in [-0.05, 0) is 82.3 Å². The number of esters is 1. The number of anilines is 1. The minimum Gasteiger partial charge on any atom is -0.464 e. The summed E-state index contributed by atoms with van der Waals surface area (Å²) in [5.74, 6) is -0.732. The second-order valence-corrected chi connectivity index (χ2v) is 15.0. The number of ether oxygens (including phenoxy) is 2. The van der Waals surface area contributed by atoms with Gasteiger partial charge in [0, 0.05) is 50.4 Å². The molecule has 15 heteroatoms. The SMILES string of the molecule is CCOC(=O)[C@H](CCc1nc2cc(N(CCCl)CCCl)ccc2n1C)NC(=O)[C@H](CC(C)C)NC(=O)[C@H](Cc1ccc(F)cc1)NC(=O)OC(C)(C)C. The average Bonchev–Trinajstić information content (AvgIpc) is 3.39. The molecule has 0 unspecified atom stereocenters. The first-order valence-corrected chi connectivity index (χ1v) is 19.0. The maximum absolute atomic E-state index is 13.9. The van der Waals surface area contributed by atoms with E-state index in [0.29, 0.717) is 42.7 Å². The van der Waals surface area contributed by atoms with Crippen molar-refractivity contribution in [1.82, 2.24) is 25.5 Å². The number of imidazole rings is 1. The van der Waals surface area contributed by atoms with Crippen LogP contribution in [0.1, 0.15) is 65.8 Å². The number of aryl methyl sites for hydroxylation is 2. The Balaban J connectivity index is 1.82. The Morgan fingerprint density at radius 1 is 0.925 bits per heavy atom. The molecule has 0 saturated carbocycles. The number of halogens is 3. The summed E-state index contributed by atoms with van der Waals surface area (Å²) in [6.45, 7) is 11.9. The minimum absolute atomic E-state index is 0.00376. The number of aromatic nitrogens is 2. The third-order valence-corrected chi connectivity index (χ3v) is 8.61. The summed E-state index contributed by atoms with van der Waals surface area (Å²) in [6, 6.07) is 8.21. The van der Waals surface area contributed by atoms with Gasteiger partial charge in [0.1, 0.15) is 35.4 Å². The molecule has 3 rings (SSSR count). The van der Waals surface area contributed by atoms with Gasteiger partial charge in [-0.15, -0.1) is 23.2 Å². The van der Waals surface area contributed by atoms with E-state index in [9.17, 15) is 23.6 Å². The van der Waals surface area contributed by atoms with Gasteiger partial charge in [-0.3, -0.25) is 9.59 Å². The molecule has 1 aromatic heterocycles. The summed E-state index contributed by atoms with van der Waals surface area (Å²) in [6.07, 6.45) is -0.0787. The highest BCUT2D eigenvalue weighted by Gasteiger charge is 2.32. The van der Waals surface area contributed by atoms with Gasteiger partial charge < -0.3 is 34.9 Å². The lowest BCUT2D eigenvalue weighted by Gasteiger charge is -2.27. The lowest BCUT2D eigenvalue weighted by atomic mass is 10.0. The van der Waals surface area contributed by atoms with Crippen molar-refractivity contribution in [2.75, 3.05) is 36.4 Å². The van der Waals surface area contributed by atoms with Gasteiger partial charge in [0.15, 0.2) is 0 Å². The Morgan fingerprint density at radius 2 is 1.55 bits per heavy atom. The number of nitrogens with one attached hydrogen (secondary N) is 3. The molecule has 3 amide bonds. The molecule has 2 aromatic carbocycles. The number of fused-ring (bicyclic) bond motifs is 1. The van der Waals surface area contributed by atoms with E-state index >= 15 is 0 Å². The lowest BCUT2D eigenvalue weighted by molar-refractivity contribution is -0.148. The van der Waals surface area contributed by atoms with Crippen molar-refractivity contribution in [3.8, 4) is 0 Å². The molecule has 0 aliphatic carbocycles. The zero-order valence-corrected chi connectivity index (χ0v) is 33.2. The molecule has 0 spiro atoms. The Labute approximate surface area is 321 Å². The minimum atomic E-state index is -1.16. The first-order valence-electron chi connectivity index (χ1n) is 17.9. The molecule has 0 bridgehead atoms. The standard InChI is InChI=1S/C38H53Cl2FN6O6/c1-8-52-36(50)28(14-16-33-42-29-23-27(13-15-32(29)46(33)7)47(19-17-39)20-18-40)43-34(48)30(21-24(2)3)44-35(49)31(45-37(51)53-38(4,5)6)22-25-9-11-26(41)12-10-25/h9-13,15,23-24,28,30-31H,8,14,16-22H2,1-7H3,(H,43,48)(H,44,49)(H,45,51)/t28-,30-,31-/m0/s1. The zero-order chi connectivity index (χ0) is 39.3. The molecule has 1 heterocycles. The van der Waals surface area contributed by atoms with Gasteiger partial charge in [0.25, 0.3) is 0 Å². The van der Waals surface area contributed by atoms with E-state index in [1.54, 1.807) is 27.7 Å². The fourth-order valence-electron chi connectivity index (χ4n) is 5.76. The highest BCUT2D eigenvalue weighted by atomic mass is 35.5. The number of nitrogens with zero attached hydrogens (tertiary/aromatic N) is 3. The average molecular weight is 780 g/mol. The van der Waals surface area contributed by atoms with Crippen molar-refractivity contribution in [2.24, 2.45) is 13.0 Å². The van der Waals surface area contributed by atoms with Crippen LogP contribution in [-0.2, 0) is 43.7 Å². The predicted octanol–water partition coefficient (Wildman–Crippen LogP) is 5.64. The number of carbonyl (C=O) groups excluding carboxylic acids is 4. The van der Waals surface area contributed by atoms with E-state index < -0.39 is 53.4 Å². The van der Waals surface area contributed by atoms with Crippen LogP contribution in [0.15, 0.2) is 42.5 Å². The molecule has 3 atom stereocenters. The Bertz CT molecular complexity index is 1670. The third-order valence-electron chi connectivity index (χ3n) is 8.28. The molecule has 0 aliphatic heterocycles. The van der Waals surface area contributed by atoms with Crippen LogP contribution in [0.2, 0.25) is 0 Å². The molecule has 3 aromatic rings. The van der Waals surface area contributed by atoms with Crippen LogP contribution in [0.4, 0.5) is 14.9 Å². The van der Waals surface area contributed by atoms with Gasteiger partial charge in [0.2, 0.25) is 11.8 Å². The van der Waals surface area contributed by atoms with Crippen LogP contribution in [0, 0.1) is 11.7 Å². The van der Waals surface area contributed by atoms with Gasteiger partial charge in [-0.1, -0.05) is 26.0 Å². The van der Waals surface area contributed by atoms with Crippen molar-refractivity contribution in [3.05, 3.63) is 59.7 Å². The smallest absolute Gasteiger partial charge is 0.408 e. The van der Waals surface area contributed by atoms with Crippen LogP contribution >= 0.6 is 23.2 Å². The number of rotatable bonds is 19. The predicted molar refractivity (Wildman–Crippen MR) is 206 cm³/mol. The molecule has 3 N–H and O–H groups in total. The quantitative estimate of drug-likeness (QED) is 0.105. The second kappa shape index (κ2) is 20.4. The first kappa shape index (κ1) is 43.3. The van der Waals surface area contributed by atoms with Crippen LogP contribution in [0.25, 0.3) is 11.0 Å². The summed E-state index contributed by atoms with van der Waals surface area (Å²) in [5, 5.41) is 8.17. The van der Waals surface area contributed by atoms with E-state index in [4.69, 9.17) is 37.7 Å². The van der Waals surface area contributed by atoms with Crippen LogP contribution in [-0.4, -0.2) is 88.6 Å². The largest absolute Gasteiger partial charge is 0.464 e. The highest BCUT2D eigenvalue weighted by Crippen LogP contribution is 2.24. The third kappa shape index (κ3) is 13.7. The Hall–Kier alpha value is -4.10. The molecule has 12 nitrogen and oxygen atoms in total. The molecule has 0 fully saturated rings. The van der Waals surface area contributed by atoms with Crippen molar-refractivity contribution >= 4 is 63.8 Å². The van der Waals surface area contributed by atoms with E-state index in [2.05, 4.69) is 20.9 Å².